The standard InChI is InChI=1S/C16H15BrO2/c1-11-3-2-4-15(7-11)19-10-13-9-14(17)8-12-5-6-18-16(12)13/h2-4,7-9H,5-6,10H2,1H3. The van der Waals surface area contributed by atoms with Crippen molar-refractivity contribution in [3.63, 3.8) is 0 Å². The molecule has 0 amide bonds. The molecule has 0 spiro atoms. The second kappa shape index (κ2) is 5.25. The van der Waals surface area contributed by atoms with E-state index in [2.05, 4.69) is 41.1 Å². The van der Waals surface area contributed by atoms with Crippen LogP contribution in [0.3, 0.4) is 0 Å². The lowest BCUT2D eigenvalue weighted by molar-refractivity contribution is 0.291. The Morgan fingerprint density at radius 2 is 2.16 bits per heavy atom. The predicted octanol–water partition coefficient (Wildman–Crippen LogP) is 4.27. The topological polar surface area (TPSA) is 18.5 Å². The van der Waals surface area contributed by atoms with Gasteiger partial charge in [-0.05, 0) is 42.3 Å². The molecular formula is C16H15BrO2. The molecule has 0 atom stereocenters. The van der Waals surface area contributed by atoms with Crippen LogP contribution in [-0.4, -0.2) is 6.61 Å². The molecule has 2 aromatic carbocycles. The Morgan fingerprint density at radius 1 is 1.26 bits per heavy atom. The molecule has 98 valence electrons. The summed E-state index contributed by atoms with van der Waals surface area (Å²) >= 11 is 3.54. The summed E-state index contributed by atoms with van der Waals surface area (Å²) in [5, 5.41) is 0. The maximum absolute atomic E-state index is 5.85. The van der Waals surface area contributed by atoms with Crippen molar-refractivity contribution in [3.05, 3.63) is 57.6 Å². The molecule has 2 aromatic rings. The smallest absolute Gasteiger partial charge is 0.129 e. The van der Waals surface area contributed by atoms with Crippen molar-refractivity contribution in [2.24, 2.45) is 0 Å². The highest BCUT2D eigenvalue weighted by molar-refractivity contribution is 9.10. The first-order valence-corrected chi connectivity index (χ1v) is 7.15. The molecule has 0 aliphatic carbocycles. The van der Waals surface area contributed by atoms with Gasteiger partial charge in [0.2, 0.25) is 0 Å². The van der Waals surface area contributed by atoms with E-state index in [4.69, 9.17) is 9.47 Å². The van der Waals surface area contributed by atoms with Crippen LogP contribution in [0.1, 0.15) is 16.7 Å². The van der Waals surface area contributed by atoms with E-state index in [0.29, 0.717) is 6.61 Å². The molecule has 1 aliphatic rings. The highest BCUT2D eigenvalue weighted by atomic mass is 79.9. The van der Waals surface area contributed by atoms with E-state index in [-0.39, 0.29) is 0 Å². The summed E-state index contributed by atoms with van der Waals surface area (Å²) in [7, 11) is 0. The molecule has 0 radical (unpaired) electrons. The average molecular weight is 319 g/mol. The summed E-state index contributed by atoms with van der Waals surface area (Å²) in [5.41, 5.74) is 3.56. The van der Waals surface area contributed by atoms with Crippen LogP contribution in [-0.2, 0) is 13.0 Å². The quantitative estimate of drug-likeness (QED) is 0.841. The Morgan fingerprint density at radius 3 is 3.00 bits per heavy atom. The van der Waals surface area contributed by atoms with Crippen LogP contribution in [0.15, 0.2) is 40.9 Å². The Bertz CT molecular complexity index is 608. The summed E-state index contributed by atoms with van der Waals surface area (Å²) in [4.78, 5) is 0. The third-order valence-corrected chi connectivity index (χ3v) is 3.67. The number of fused-ring (bicyclic) bond motifs is 1. The van der Waals surface area contributed by atoms with Crippen LogP contribution in [0.4, 0.5) is 0 Å². The average Bonchev–Trinajstić information content (AvgIpc) is 2.84. The van der Waals surface area contributed by atoms with Crippen molar-refractivity contribution in [3.8, 4) is 11.5 Å². The molecular weight excluding hydrogens is 304 g/mol. The number of aryl methyl sites for hydroxylation is 1. The molecule has 0 unspecified atom stereocenters. The van der Waals surface area contributed by atoms with E-state index >= 15 is 0 Å². The van der Waals surface area contributed by atoms with E-state index < -0.39 is 0 Å². The van der Waals surface area contributed by atoms with E-state index in [1.807, 2.05) is 18.2 Å². The Kier molecular flexibility index (Phi) is 3.47. The molecule has 2 nitrogen and oxygen atoms in total. The zero-order chi connectivity index (χ0) is 13.2. The van der Waals surface area contributed by atoms with Gasteiger partial charge in [-0.1, -0.05) is 28.1 Å². The monoisotopic (exact) mass is 318 g/mol. The summed E-state index contributed by atoms with van der Waals surface area (Å²) in [6.07, 6.45) is 0.978. The molecule has 0 N–H and O–H groups in total. The molecule has 0 saturated heterocycles. The number of ether oxygens (including phenoxy) is 2. The maximum Gasteiger partial charge on any atom is 0.129 e. The van der Waals surface area contributed by atoms with E-state index in [0.717, 1.165) is 34.6 Å². The normalized spacial score (nSPS) is 12.9. The summed E-state index contributed by atoms with van der Waals surface area (Å²) in [6.45, 7) is 3.36. The number of hydrogen-bond acceptors (Lipinski definition) is 2. The van der Waals surface area contributed by atoms with Crippen molar-refractivity contribution in [2.45, 2.75) is 20.0 Å². The van der Waals surface area contributed by atoms with Gasteiger partial charge >= 0.3 is 0 Å². The number of rotatable bonds is 3. The van der Waals surface area contributed by atoms with Gasteiger partial charge in [-0.15, -0.1) is 0 Å². The SMILES string of the molecule is Cc1cccc(OCc2cc(Br)cc3c2OCC3)c1. The summed E-state index contributed by atoms with van der Waals surface area (Å²) in [5.74, 6) is 1.89. The highest BCUT2D eigenvalue weighted by Gasteiger charge is 2.17. The van der Waals surface area contributed by atoms with Crippen LogP contribution in [0.5, 0.6) is 11.5 Å². The van der Waals surface area contributed by atoms with Crippen LogP contribution in [0.25, 0.3) is 0 Å². The molecule has 3 heteroatoms. The zero-order valence-electron chi connectivity index (χ0n) is 10.8. The van der Waals surface area contributed by atoms with E-state index in [1.165, 1.54) is 11.1 Å². The van der Waals surface area contributed by atoms with Gasteiger partial charge in [0.25, 0.3) is 0 Å². The van der Waals surface area contributed by atoms with Crippen LogP contribution in [0.2, 0.25) is 0 Å². The minimum absolute atomic E-state index is 0.533. The fourth-order valence-corrected chi connectivity index (χ4v) is 2.87. The van der Waals surface area contributed by atoms with Gasteiger partial charge in [0, 0.05) is 16.5 Å². The van der Waals surface area contributed by atoms with Gasteiger partial charge in [0.15, 0.2) is 0 Å². The van der Waals surface area contributed by atoms with Gasteiger partial charge in [0.05, 0.1) is 6.61 Å². The van der Waals surface area contributed by atoms with Gasteiger partial charge in [-0.3, -0.25) is 0 Å². The Hall–Kier alpha value is -1.48. The predicted molar refractivity (Wildman–Crippen MR) is 78.9 cm³/mol. The minimum atomic E-state index is 0.533. The Balaban J connectivity index is 1.81. The van der Waals surface area contributed by atoms with Crippen molar-refractivity contribution in [1.82, 2.24) is 0 Å². The first-order chi connectivity index (χ1) is 9.22. The summed E-state index contributed by atoms with van der Waals surface area (Å²) in [6, 6.07) is 12.3. The first-order valence-electron chi connectivity index (χ1n) is 6.36. The van der Waals surface area contributed by atoms with Crippen molar-refractivity contribution in [2.75, 3.05) is 6.61 Å². The maximum atomic E-state index is 5.85. The third kappa shape index (κ3) is 2.76. The van der Waals surface area contributed by atoms with Crippen molar-refractivity contribution >= 4 is 15.9 Å². The van der Waals surface area contributed by atoms with Crippen molar-refractivity contribution in [1.29, 1.82) is 0 Å². The van der Waals surface area contributed by atoms with Crippen molar-refractivity contribution < 1.29 is 9.47 Å². The summed E-state index contributed by atoms with van der Waals surface area (Å²) < 4.78 is 12.6. The van der Waals surface area contributed by atoms with Crippen LogP contribution < -0.4 is 9.47 Å². The molecule has 1 heterocycles. The molecule has 1 aliphatic heterocycles. The van der Waals surface area contributed by atoms with Crippen LogP contribution in [0, 0.1) is 6.92 Å². The molecule has 0 bridgehead atoms. The lowest BCUT2D eigenvalue weighted by Gasteiger charge is -2.11. The molecule has 0 aromatic heterocycles. The van der Waals surface area contributed by atoms with Crippen LogP contribution >= 0.6 is 15.9 Å². The van der Waals surface area contributed by atoms with Gasteiger partial charge in [-0.25, -0.2) is 0 Å². The second-order valence-corrected chi connectivity index (χ2v) is 5.67. The minimum Gasteiger partial charge on any atom is -0.493 e. The fraction of sp³-hybridized carbons (Fsp3) is 0.250. The van der Waals surface area contributed by atoms with Gasteiger partial charge in [0.1, 0.15) is 18.1 Å². The number of hydrogen-bond donors (Lipinski definition) is 0. The third-order valence-electron chi connectivity index (χ3n) is 3.21. The molecule has 0 saturated carbocycles. The first kappa shape index (κ1) is 12.5. The Labute approximate surface area is 121 Å². The number of benzene rings is 2. The van der Waals surface area contributed by atoms with E-state index in [1.54, 1.807) is 0 Å². The number of halogens is 1. The lowest BCUT2D eigenvalue weighted by Crippen LogP contribution is -1.99. The second-order valence-electron chi connectivity index (χ2n) is 4.76. The lowest BCUT2D eigenvalue weighted by atomic mass is 10.1. The van der Waals surface area contributed by atoms with E-state index in [9.17, 15) is 0 Å². The molecule has 3 rings (SSSR count). The molecule has 0 fully saturated rings. The molecule has 19 heavy (non-hydrogen) atoms. The van der Waals surface area contributed by atoms with Gasteiger partial charge in [-0.2, -0.15) is 0 Å². The largest absolute Gasteiger partial charge is 0.493 e. The van der Waals surface area contributed by atoms with Gasteiger partial charge < -0.3 is 9.47 Å². The fourth-order valence-electron chi connectivity index (χ4n) is 2.32. The highest BCUT2D eigenvalue weighted by Crippen LogP contribution is 2.33. The zero-order valence-corrected chi connectivity index (χ0v) is 12.4.